The van der Waals surface area contributed by atoms with Crippen molar-refractivity contribution >= 4 is 49.1 Å². The Bertz CT molecular complexity index is 1390. The summed E-state index contributed by atoms with van der Waals surface area (Å²) in [6.07, 6.45) is 9.53. The van der Waals surface area contributed by atoms with Crippen LogP contribution in [0.1, 0.15) is 37.6 Å². The van der Waals surface area contributed by atoms with Crippen molar-refractivity contribution in [3.05, 3.63) is 76.3 Å². The van der Waals surface area contributed by atoms with E-state index in [1.165, 1.54) is 38.5 Å². The Balaban J connectivity index is 1.37. The van der Waals surface area contributed by atoms with Gasteiger partial charge in [-0.25, -0.2) is 8.42 Å². The second-order valence-electron chi connectivity index (χ2n) is 9.13. The van der Waals surface area contributed by atoms with Crippen LogP contribution < -0.4 is 9.47 Å². The first kappa shape index (κ1) is 24.6. The number of fused-ring (bicyclic) bond motifs is 2. The first-order valence-corrected chi connectivity index (χ1v) is 15.4. The number of nitrogens with zero attached hydrogens (tertiary/aromatic N) is 2. The van der Waals surface area contributed by atoms with E-state index in [0.29, 0.717) is 18.9 Å². The average molecular weight is 527 g/mol. The third-order valence-corrected chi connectivity index (χ3v) is 9.74. The topological polar surface area (TPSA) is 64.3 Å². The van der Waals surface area contributed by atoms with Gasteiger partial charge in [-0.15, -0.1) is 0 Å². The summed E-state index contributed by atoms with van der Waals surface area (Å²) in [7, 11) is -4.21. The highest BCUT2D eigenvalue weighted by Gasteiger charge is 2.27. The number of hydrogen-bond donors (Lipinski definition) is 0. The Hall–Kier alpha value is -2.13. The van der Waals surface area contributed by atoms with E-state index in [0.717, 1.165) is 30.1 Å². The van der Waals surface area contributed by atoms with Gasteiger partial charge in [0.2, 0.25) is 10.5 Å². The van der Waals surface area contributed by atoms with Crippen LogP contribution in [-0.4, -0.2) is 25.3 Å². The summed E-state index contributed by atoms with van der Waals surface area (Å²) in [5.74, 6) is 0.176. The van der Waals surface area contributed by atoms with Crippen molar-refractivity contribution in [2.75, 3.05) is 17.2 Å². The van der Waals surface area contributed by atoms with E-state index in [1.807, 2.05) is 23.5 Å². The van der Waals surface area contributed by atoms with E-state index in [1.54, 1.807) is 11.8 Å². The Morgan fingerprint density at radius 1 is 1.17 bits per heavy atom. The minimum Gasteiger partial charge on any atom is -0.748 e. The number of benzene rings is 2. The van der Waals surface area contributed by atoms with Crippen LogP contribution in [0.5, 0.6) is 0 Å². The number of thioether (sulfide) groups is 1. The summed E-state index contributed by atoms with van der Waals surface area (Å²) in [6, 6.07) is 16.9. The molecule has 1 unspecified atom stereocenters. The van der Waals surface area contributed by atoms with Gasteiger partial charge in [0.15, 0.2) is 0 Å². The molecular formula is C27H30N2O3S3. The van der Waals surface area contributed by atoms with Crippen molar-refractivity contribution < 1.29 is 17.5 Å². The Labute approximate surface area is 215 Å². The lowest BCUT2D eigenvalue weighted by Gasteiger charge is -2.23. The zero-order valence-electron chi connectivity index (χ0n) is 19.9. The fourth-order valence-corrected chi connectivity index (χ4v) is 8.04. The molecule has 2 aliphatic rings. The normalized spacial score (nSPS) is 19.4. The first-order valence-electron chi connectivity index (χ1n) is 12.2. The van der Waals surface area contributed by atoms with Crippen LogP contribution in [0, 0.1) is 5.92 Å². The molecular weight excluding hydrogens is 497 g/mol. The van der Waals surface area contributed by atoms with Crippen molar-refractivity contribution in [1.29, 1.82) is 0 Å². The average Bonchev–Trinajstić information content (AvgIpc) is 3.35. The summed E-state index contributed by atoms with van der Waals surface area (Å²) in [5, 5.41) is 2.55. The zero-order chi connectivity index (χ0) is 24.4. The molecule has 8 heteroatoms. The largest absolute Gasteiger partial charge is 0.748 e. The third-order valence-electron chi connectivity index (χ3n) is 6.65. The standard InChI is InChI=1S/C27H30N2O3S3/c1-2-28-22-11-3-5-13-24(22)33-26(28)18-20-9-7-10-21(17-20)19-27-29(15-8-16-35(30,31)32)23-12-4-6-14-25(23)34-27/h3-6,11-14,17,19-20H,2,7-10,15-16,18H2,1H3/b27-19+. The van der Waals surface area contributed by atoms with Gasteiger partial charge in [0.1, 0.15) is 11.2 Å². The van der Waals surface area contributed by atoms with Crippen LogP contribution in [0.2, 0.25) is 0 Å². The number of aromatic nitrogens is 1. The zero-order valence-corrected chi connectivity index (χ0v) is 22.3. The van der Waals surface area contributed by atoms with E-state index in [4.69, 9.17) is 0 Å². The van der Waals surface area contributed by atoms with Gasteiger partial charge in [0.05, 0.1) is 20.8 Å². The Morgan fingerprint density at radius 2 is 1.97 bits per heavy atom. The first-order chi connectivity index (χ1) is 16.9. The number of allylic oxidation sites excluding steroid dienone is 3. The molecule has 0 amide bonds. The summed E-state index contributed by atoms with van der Waals surface area (Å²) >= 11 is 3.64. The third kappa shape index (κ3) is 5.66. The van der Waals surface area contributed by atoms with E-state index < -0.39 is 10.1 Å². The quantitative estimate of drug-likeness (QED) is 0.271. The molecule has 0 bridgehead atoms. The van der Waals surface area contributed by atoms with Crippen LogP contribution in [0.3, 0.4) is 0 Å². The number of para-hydroxylation sites is 2. The maximum Gasteiger partial charge on any atom is 0.238 e. The molecule has 1 atom stereocenters. The number of rotatable bonds is 8. The van der Waals surface area contributed by atoms with E-state index >= 15 is 0 Å². The van der Waals surface area contributed by atoms with Crippen LogP contribution in [0.4, 0.5) is 5.69 Å². The summed E-state index contributed by atoms with van der Waals surface area (Å²) in [6.45, 7) is 3.72. The van der Waals surface area contributed by atoms with Crippen LogP contribution in [0.15, 0.2) is 76.2 Å². The molecule has 1 aromatic heterocycles. The molecule has 0 radical (unpaired) electrons. The van der Waals surface area contributed by atoms with Crippen LogP contribution >= 0.6 is 23.1 Å². The Kier molecular flexibility index (Phi) is 7.34. The minimum atomic E-state index is -4.21. The van der Waals surface area contributed by atoms with Crippen molar-refractivity contribution in [2.45, 2.75) is 50.5 Å². The second-order valence-corrected chi connectivity index (χ2v) is 12.8. The number of aryl methyl sites for hydroxylation is 1. The van der Waals surface area contributed by atoms with Gasteiger partial charge in [-0.2, -0.15) is 4.57 Å². The molecule has 0 fully saturated rings. The molecule has 1 aliphatic carbocycles. The molecule has 0 saturated heterocycles. The van der Waals surface area contributed by atoms with Crippen LogP contribution in [0.25, 0.3) is 10.2 Å². The maximum atomic E-state index is 11.1. The predicted octanol–water partition coefficient (Wildman–Crippen LogP) is 5.87. The van der Waals surface area contributed by atoms with Gasteiger partial charge in [-0.3, -0.25) is 0 Å². The molecule has 35 heavy (non-hydrogen) atoms. The van der Waals surface area contributed by atoms with Crippen molar-refractivity contribution in [3.63, 3.8) is 0 Å². The fourth-order valence-electron chi connectivity index (χ4n) is 5.07. The molecule has 2 heterocycles. The van der Waals surface area contributed by atoms with Crippen molar-refractivity contribution in [2.24, 2.45) is 5.92 Å². The van der Waals surface area contributed by atoms with Crippen LogP contribution in [-0.2, 0) is 23.1 Å². The van der Waals surface area contributed by atoms with Gasteiger partial charge in [0.25, 0.3) is 0 Å². The number of thiazole rings is 1. The molecule has 2 aromatic carbocycles. The summed E-state index contributed by atoms with van der Waals surface area (Å²) in [5.41, 5.74) is 3.77. The highest BCUT2D eigenvalue weighted by atomic mass is 32.2. The lowest BCUT2D eigenvalue weighted by atomic mass is 9.88. The molecule has 5 nitrogen and oxygen atoms in total. The SMILES string of the molecule is CC[n+]1c(CC2C=C(/C=C3/Sc4ccccc4N3CCCS(=O)(=O)[O-])CCC2)sc2ccccc21. The lowest BCUT2D eigenvalue weighted by molar-refractivity contribution is -0.671. The lowest BCUT2D eigenvalue weighted by Crippen LogP contribution is -2.35. The smallest absolute Gasteiger partial charge is 0.238 e. The summed E-state index contributed by atoms with van der Waals surface area (Å²) in [4.78, 5) is 3.35. The predicted molar refractivity (Wildman–Crippen MR) is 144 cm³/mol. The van der Waals surface area contributed by atoms with Crippen molar-refractivity contribution in [3.8, 4) is 0 Å². The molecule has 1 aliphatic heterocycles. The number of hydrogen-bond acceptors (Lipinski definition) is 6. The van der Waals surface area contributed by atoms with Crippen molar-refractivity contribution in [1.82, 2.24) is 0 Å². The molecule has 184 valence electrons. The molecule has 3 aromatic rings. The minimum absolute atomic E-state index is 0.322. The molecule has 0 N–H and O–H groups in total. The second kappa shape index (κ2) is 10.5. The maximum absolute atomic E-state index is 11.1. The van der Waals surface area contributed by atoms with Gasteiger partial charge in [-0.1, -0.05) is 53.4 Å². The highest BCUT2D eigenvalue weighted by Crippen LogP contribution is 2.46. The summed E-state index contributed by atoms with van der Waals surface area (Å²) < 4.78 is 37.2. The van der Waals surface area contributed by atoms with Gasteiger partial charge in [-0.05, 0) is 68.4 Å². The molecule has 0 spiro atoms. The molecule has 0 saturated carbocycles. The van der Waals surface area contributed by atoms with E-state index in [-0.39, 0.29) is 5.75 Å². The number of anilines is 1. The van der Waals surface area contributed by atoms with Gasteiger partial charge in [0, 0.05) is 29.7 Å². The van der Waals surface area contributed by atoms with E-state index in [2.05, 4.69) is 64.9 Å². The monoisotopic (exact) mass is 526 g/mol. The highest BCUT2D eigenvalue weighted by molar-refractivity contribution is 8.03. The Morgan fingerprint density at radius 3 is 2.80 bits per heavy atom. The fraction of sp³-hybridized carbons (Fsp3) is 0.370. The molecule has 5 rings (SSSR count). The van der Waals surface area contributed by atoms with Gasteiger partial charge < -0.3 is 9.45 Å². The van der Waals surface area contributed by atoms with E-state index in [9.17, 15) is 13.0 Å². The van der Waals surface area contributed by atoms with Gasteiger partial charge >= 0.3 is 0 Å².